The van der Waals surface area contributed by atoms with Crippen LogP contribution in [-0.2, 0) is 0 Å². The van der Waals surface area contributed by atoms with E-state index in [-0.39, 0.29) is 5.82 Å². The van der Waals surface area contributed by atoms with E-state index in [4.69, 9.17) is 5.73 Å². The molecule has 1 saturated heterocycles. The summed E-state index contributed by atoms with van der Waals surface area (Å²) in [6.45, 7) is 12.6. The standard InChI is InChI=1S/C15H21FN4/c1-10(2)18-7-12-8-20(9-12)11(3)19-15-5-4-13(16)6-14(15)17/h4-6,12,18-19H,1,3,7-9,17H2,2H3. The fourth-order valence-corrected chi connectivity index (χ4v) is 2.12. The second-order valence-corrected chi connectivity index (χ2v) is 5.24. The lowest BCUT2D eigenvalue weighted by Gasteiger charge is -2.42. The average molecular weight is 276 g/mol. The SMILES string of the molecule is C=C(C)NCC1CN(C(=C)Nc2ccc(F)cc2N)C1. The minimum absolute atomic E-state index is 0.339. The van der Waals surface area contributed by atoms with Gasteiger partial charge in [-0.3, -0.25) is 0 Å². The van der Waals surface area contributed by atoms with Gasteiger partial charge in [-0.15, -0.1) is 0 Å². The second kappa shape index (κ2) is 5.86. The highest BCUT2D eigenvalue weighted by molar-refractivity contribution is 5.67. The second-order valence-electron chi connectivity index (χ2n) is 5.24. The average Bonchev–Trinajstić information content (AvgIpc) is 2.30. The molecule has 20 heavy (non-hydrogen) atoms. The predicted molar refractivity (Wildman–Crippen MR) is 81.5 cm³/mol. The summed E-state index contributed by atoms with van der Waals surface area (Å²) in [6.07, 6.45) is 0. The van der Waals surface area contributed by atoms with Crippen LogP contribution in [0.4, 0.5) is 15.8 Å². The normalized spacial score (nSPS) is 14.6. The molecule has 1 aromatic carbocycles. The number of nitrogens with zero attached hydrogens (tertiary/aromatic N) is 1. The molecule has 108 valence electrons. The number of hydrogen-bond donors (Lipinski definition) is 3. The Morgan fingerprint density at radius 3 is 2.75 bits per heavy atom. The van der Waals surface area contributed by atoms with E-state index >= 15 is 0 Å². The molecule has 0 unspecified atom stereocenters. The molecule has 1 aliphatic heterocycles. The van der Waals surface area contributed by atoms with E-state index in [1.165, 1.54) is 12.1 Å². The molecule has 1 heterocycles. The zero-order valence-corrected chi connectivity index (χ0v) is 11.7. The summed E-state index contributed by atoms with van der Waals surface area (Å²) >= 11 is 0. The van der Waals surface area contributed by atoms with Crippen molar-refractivity contribution in [3.05, 3.63) is 48.7 Å². The van der Waals surface area contributed by atoms with Crippen LogP contribution in [0, 0.1) is 11.7 Å². The molecule has 2 rings (SSSR count). The third-order valence-electron chi connectivity index (χ3n) is 3.32. The first-order valence-electron chi connectivity index (χ1n) is 6.61. The van der Waals surface area contributed by atoms with Crippen molar-refractivity contribution in [1.29, 1.82) is 0 Å². The highest BCUT2D eigenvalue weighted by atomic mass is 19.1. The molecule has 4 nitrogen and oxygen atoms in total. The molecule has 0 atom stereocenters. The van der Waals surface area contributed by atoms with Crippen molar-refractivity contribution in [2.45, 2.75) is 6.92 Å². The quantitative estimate of drug-likeness (QED) is 0.698. The van der Waals surface area contributed by atoms with Crippen LogP contribution < -0.4 is 16.4 Å². The first-order valence-corrected chi connectivity index (χ1v) is 6.61. The largest absolute Gasteiger partial charge is 0.397 e. The Labute approximate surface area is 119 Å². The van der Waals surface area contributed by atoms with Gasteiger partial charge < -0.3 is 21.3 Å². The lowest BCUT2D eigenvalue weighted by atomic mass is 10.0. The lowest BCUT2D eigenvalue weighted by molar-refractivity contribution is 0.146. The number of anilines is 2. The molecule has 4 N–H and O–H groups in total. The van der Waals surface area contributed by atoms with Crippen molar-refractivity contribution < 1.29 is 4.39 Å². The van der Waals surface area contributed by atoms with Crippen LogP contribution >= 0.6 is 0 Å². The number of nitrogens with two attached hydrogens (primary N) is 1. The molecule has 1 fully saturated rings. The Bertz CT molecular complexity index is 521. The fraction of sp³-hybridized carbons (Fsp3) is 0.333. The maximum atomic E-state index is 13.0. The zero-order chi connectivity index (χ0) is 14.7. The number of halogens is 1. The first kappa shape index (κ1) is 14.2. The van der Waals surface area contributed by atoms with E-state index in [1.54, 1.807) is 6.07 Å². The van der Waals surface area contributed by atoms with E-state index in [2.05, 4.69) is 28.7 Å². The number of nitrogen functional groups attached to an aromatic ring is 1. The molecule has 1 aromatic rings. The summed E-state index contributed by atoms with van der Waals surface area (Å²) in [5, 5.41) is 6.37. The van der Waals surface area contributed by atoms with Crippen LogP contribution in [0.15, 0.2) is 42.9 Å². The van der Waals surface area contributed by atoms with Gasteiger partial charge in [0.25, 0.3) is 0 Å². The fourth-order valence-electron chi connectivity index (χ4n) is 2.12. The number of hydrogen-bond acceptors (Lipinski definition) is 4. The Hall–Kier alpha value is -2.17. The minimum atomic E-state index is -0.339. The summed E-state index contributed by atoms with van der Waals surface area (Å²) in [4.78, 5) is 2.13. The van der Waals surface area contributed by atoms with Gasteiger partial charge in [-0.25, -0.2) is 4.39 Å². The molecule has 0 amide bonds. The van der Waals surface area contributed by atoms with Gasteiger partial charge in [-0.2, -0.15) is 0 Å². The first-order chi connectivity index (χ1) is 9.45. The third kappa shape index (κ3) is 3.44. The van der Waals surface area contributed by atoms with Crippen molar-refractivity contribution in [3.8, 4) is 0 Å². The Morgan fingerprint density at radius 1 is 1.45 bits per heavy atom. The van der Waals surface area contributed by atoms with Crippen LogP contribution in [0.3, 0.4) is 0 Å². The number of benzene rings is 1. The van der Waals surface area contributed by atoms with Crippen LogP contribution in [0.1, 0.15) is 6.92 Å². The summed E-state index contributed by atoms with van der Waals surface area (Å²) in [6, 6.07) is 4.29. The van der Waals surface area contributed by atoms with Gasteiger partial charge >= 0.3 is 0 Å². The molecular formula is C15H21FN4. The van der Waals surface area contributed by atoms with Gasteiger partial charge in [0.1, 0.15) is 5.82 Å². The number of allylic oxidation sites excluding steroid dienone is 1. The van der Waals surface area contributed by atoms with Crippen LogP contribution in [0.5, 0.6) is 0 Å². The highest BCUT2D eigenvalue weighted by Crippen LogP contribution is 2.25. The molecule has 0 spiro atoms. The van der Waals surface area contributed by atoms with Gasteiger partial charge in [0.05, 0.1) is 17.2 Å². The Morgan fingerprint density at radius 2 is 2.15 bits per heavy atom. The monoisotopic (exact) mass is 276 g/mol. The zero-order valence-electron chi connectivity index (χ0n) is 11.7. The van der Waals surface area contributed by atoms with E-state index < -0.39 is 0 Å². The molecule has 5 heteroatoms. The third-order valence-corrected chi connectivity index (χ3v) is 3.32. The highest BCUT2D eigenvalue weighted by Gasteiger charge is 2.27. The number of nitrogens with one attached hydrogen (secondary N) is 2. The Kier molecular flexibility index (Phi) is 4.17. The van der Waals surface area contributed by atoms with Crippen LogP contribution in [0.2, 0.25) is 0 Å². The molecule has 0 bridgehead atoms. The smallest absolute Gasteiger partial charge is 0.125 e. The van der Waals surface area contributed by atoms with Gasteiger partial charge in [0, 0.05) is 31.2 Å². The van der Waals surface area contributed by atoms with E-state index in [0.29, 0.717) is 17.3 Å². The topological polar surface area (TPSA) is 53.3 Å². The molecule has 0 aliphatic carbocycles. The molecule has 0 aromatic heterocycles. The van der Waals surface area contributed by atoms with Crippen LogP contribution in [0.25, 0.3) is 0 Å². The lowest BCUT2D eigenvalue weighted by Crippen LogP contribution is -2.50. The number of likely N-dealkylation sites (tertiary alicyclic amines) is 1. The van der Waals surface area contributed by atoms with Crippen molar-refractivity contribution in [2.24, 2.45) is 5.92 Å². The molecule has 0 saturated carbocycles. The van der Waals surface area contributed by atoms with Crippen molar-refractivity contribution in [1.82, 2.24) is 10.2 Å². The summed E-state index contributed by atoms with van der Waals surface area (Å²) < 4.78 is 13.0. The maximum absolute atomic E-state index is 13.0. The minimum Gasteiger partial charge on any atom is -0.397 e. The molecule has 1 aliphatic rings. The van der Waals surface area contributed by atoms with Gasteiger partial charge in [-0.05, 0) is 25.1 Å². The summed E-state index contributed by atoms with van der Waals surface area (Å²) in [5.74, 6) is 1.04. The molecule has 0 radical (unpaired) electrons. The van der Waals surface area contributed by atoms with E-state index in [1.807, 2.05) is 6.92 Å². The maximum Gasteiger partial charge on any atom is 0.125 e. The number of rotatable bonds is 6. The summed E-state index contributed by atoms with van der Waals surface area (Å²) in [5.41, 5.74) is 7.80. The molecular weight excluding hydrogens is 255 g/mol. The van der Waals surface area contributed by atoms with Crippen molar-refractivity contribution >= 4 is 11.4 Å². The summed E-state index contributed by atoms with van der Waals surface area (Å²) in [7, 11) is 0. The van der Waals surface area contributed by atoms with E-state index in [0.717, 1.165) is 31.2 Å². The van der Waals surface area contributed by atoms with Crippen LogP contribution in [-0.4, -0.2) is 24.5 Å². The van der Waals surface area contributed by atoms with E-state index in [9.17, 15) is 4.39 Å². The van der Waals surface area contributed by atoms with Gasteiger partial charge in [0.2, 0.25) is 0 Å². The van der Waals surface area contributed by atoms with Gasteiger partial charge in [-0.1, -0.05) is 13.2 Å². The van der Waals surface area contributed by atoms with Crippen molar-refractivity contribution in [3.63, 3.8) is 0 Å². The predicted octanol–water partition coefficient (Wildman–Crippen LogP) is 2.35. The van der Waals surface area contributed by atoms with Gasteiger partial charge in [0.15, 0.2) is 0 Å². The Balaban J connectivity index is 1.81. The van der Waals surface area contributed by atoms with Crippen molar-refractivity contribution in [2.75, 3.05) is 30.7 Å².